The minimum absolute atomic E-state index is 0.00984. The standard InChI is InChI=1S/C49H61N3O11S/c1-4-28-60-49-45(51(24-29-59-30-27-55)46(56)23-14-34-12-15-36(16-13-34)52(57)58)33-43(50-61-5-2)41-31-35(10-6-8-25-53)40(11-7-9-26-54)47(48(41)49)42-32-38(19-22-44(42)63-49)62-37-17-20-39(64-3)21-18-37/h4,12-23,31-32,35,40,45,47-48,53-55H,1,5-11,24-30,33H2,2-3H3/t35-,40+,45-,47+,48+,49+/m0/s1. The van der Waals surface area contributed by atoms with Crippen LogP contribution in [-0.4, -0.2) is 108 Å². The second-order valence-electron chi connectivity index (χ2n) is 16.0. The highest BCUT2D eigenvalue weighted by atomic mass is 32.2. The van der Waals surface area contributed by atoms with E-state index in [0.717, 1.165) is 41.7 Å². The molecule has 344 valence electrons. The van der Waals surface area contributed by atoms with Gasteiger partial charge in [0.1, 0.15) is 29.9 Å². The lowest BCUT2D eigenvalue weighted by Gasteiger charge is -2.60. The molecule has 0 unspecified atom stereocenters. The Kier molecular flexibility index (Phi) is 18.0. The van der Waals surface area contributed by atoms with Gasteiger partial charge >= 0.3 is 0 Å². The van der Waals surface area contributed by atoms with Crippen LogP contribution in [0.5, 0.6) is 17.2 Å². The Morgan fingerprint density at radius 1 is 1.00 bits per heavy atom. The molecular weight excluding hydrogens is 839 g/mol. The fraction of sp³-hybridized carbons (Fsp3) is 0.469. The van der Waals surface area contributed by atoms with Gasteiger partial charge in [0.2, 0.25) is 11.7 Å². The van der Waals surface area contributed by atoms with E-state index in [-0.39, 0.29) is 82.0 Å². The number of rotatable bonds is 25. The maximum atomic E-state index is 14.8. The molecule has 15 heteroatoms. The molecule has 1 fully saturated rings. The molecule has 0 bridgehead atoms. The van der Waals surface area contributed by atoms with Gasteiger partial charge in [0, 0.05) is 60.8 Å². The van der Waals surface area contributed by atoms with Crippen LogP contribution in [0.1, 0.15) is 68.9 Å². The molecule has 1 heterocycles. The van der Waals surface area contributed by atoms with E-state index in [1.54, 1.807) is 40.9 Å². The normalized spacial score (nSPS) is 22.9. The van der Waals surface area contributed by atoms with Crippen molar-refractivity contribution in [3.8, 4) is 17.2 Å². The predicted octanol–water partition coefficient (Wildman–Crippen LogP) is 8.31. The van der Waals surface area contributed by atoms with Crippen molar-refractivity contribution in [2.24, 2.45) is 22.9 Å². The molecule has 3 N–H and O–H groups in total. The average Bonchev–Trinajstić information content (AvgIpc) is 3.31. The van der Waals surface area contributed by atoms with Crippen molar-refractivity contribution in [1.29, 1.82) is 0 Å². The minimum Gasteiger partial charge on any atom is -0.459 e. The molecule has 3 aromatic carbocycles. The van der Waals surface area contributed by atoms with Crippen molar-refractivity contribution in [2.45, 2.75) is 74.5 Å². The molecule has 1 aliphatic heterocycles. The van der Waals surface area contributed by atoms with Crippen molar-refractivity contribution in [1.82, 2.24) is 4.90 Å². The first-order valence-corrected chi connectivity index (χ1v) is 23.4. The number of nitrogens with zero attached hydrogens (tertiary/aromatic N) is 3. The third-order valence-corrected chi connectivity index (χ3v) is 12.9. The number of aliphatic hydroxyl groups is 3. The summed E-state index contributed by atoms with van der Waals surface area (Å²) in [6.45, 7) is 6.47. The number of unbranched alkanes of at least 4 members (excludes halogenated alkanes) is 2. The van der Waals surface area contributed by atoms with Gasteiger partial charge in [0.15, 0.2) is 0 Å². The summed E-state index contributed by atoms with van der Waals surface area (Å²) in [5.74, 6) is -0.730. The summed E-state index contributed by atoms with van der Waals surface area (Å²) >= 11 is 1.65. The lowest BCUT2D eigenvalue weighted by atomic mass is 9.55. The van der Waals surface area contributed by atoms with E-state index in [2.05, 4.69) is 12.7 Å². The maximum absolute atomic E-state index is 14.8. The molecule has 6 atom stereocenters. The number of ether oxygens (including phenoxy) is 4. The number of non-ortho nitro benzene ring substituents is 1. The van der Waals surface area contributed by atoms with Crippen LogP contribution >= 0.6 is 11.8 Å². The van der Waals surface area contributed by atoms with Crippen LogP contribution in [0.4, 0.5) is 5.69 Å². The van der Waals surface area contributed by atoms with Crippen LogP contribution < -0.4 is 9.47 Å². The van der Waals surface area contributed by atoms with E-state index in [1.165, 1.54) is 18.2 Å². The van der Waals surface area contributed by atoms with Gasteiger partial charge in [-0.05, 0) is 123 Å². The fourth-order valence-corrected chi connectivity index (χ4v) is 9.76. The Balaban J connectivity index is 1.55. The first-order chi connectivity index (χ1) is 31.2. The van der Waals surface area contributed by atoms with Gasteiger partial charge in [0.05, 0.1) is 43.0 Å². The summed E-state index contributed by atoms with van der Waals surface area (Å²) in [5.41, 5.74) is 3.01. The third-order valence-electron chi connectivity index (χ3n) is 12.1. The average molecular weight is 900 g/mol. The highest BCUT2D eigenvalue weighted by Gasteiger charge is 2.65. The van der Waals surface area contributed by atoms with E-state index in [1.807, 2.05) is 55.6 Å². The predicted molar refractivity (Wildman–Crippen MR) is 247 cm³/mol. The molecule has 0 spiro atoms. The molecule has 2 aliphatic carbocycles. The van der Waals surface area contributed by atoms with Gasteiger partial charge in [-0.15, -0.1) is 18.3 Å². The second kappa shape index (κ2) is 23.8. The minimum atomic E-state index is -1.50. The molecule has 1 amide bonds. The molecule has 6 rings (SSSR count). The second-order valence-corrected chi connectivity index (χ2v) is 16.9. The number of benzene rings is 3. The maximum Gasteiger partial charge on any atom is 0.269 e. The number of nitro groups is 1. The van der Waals surface area contributed by atoms with Crippen molar-refractivity contribution < 1.29 is 48.8 Å². The van der Waals surface area contributed by atoms with Gasteiger partial charge in [0.25, 0.3) is 5.69 Å². The Labute approximate surface area is 379 Å². The number of fused-ring (bicyclic) bond motifs is 2. The summed E-state index contributed by atoms with van der Waals surface area (Å²) < 4.78 is 26.7. The highest BCUT2D eigenvalue weighted by molar-refractivity contribution is 7.98. The van der Waals surface area contributed by atoms with Gasteiger partial charge in [-0.1, -0.05) is 30.1 Å². The van der Waals surface area contributed by atoms with Crippen molar-refractivity contribution in [3.05, 3.63) is 118 Å². The first kappa shape index (κ1) is 48.4. The van der Waals surface area contributed by atoms with Crippen molar-refractivity contribution >= 4 is 35.1 Å². The van der Waals surface area contributed by atoms with Crippen LogP contribution in [-0.2, 0) is 19.1 Å². The van der Waals surface area contributed by atoms with Crippen LogP contribution in [0.15, 0.2) is 107 Å². The van der Waals surface area contributed by atoms with E-state index in [9.17, 15) is 30.2 Å². The van der Waals surface area contributed by atoms with E-state index >= 15 is 0 Å². The molecule has 1 saturated carbocycles. The molecule has 3 aromatic rings. The number of carbonyl (C=O) groups is 1. The largest absolute Gasteiger partial charge is 0.459 e. The zero-order valence-electron chi connectivity index (χ0n) is 36.7. The first-order valence-electron chi connectivity index (χ1n) is 22.2. The summed E-state index contributed by atoms with van der Waals surface area (Å²) in [6.07, 6.45) is 13.6. The monoisotopic (exact) mass is 899 g/mol. The van der Waals surface area contributed by atoms with Crippen LogP contribution in [0.25, 0.3) is 6.08 Å². The smallest absolute Gasteiger partial charge is 0.269 e. The number of hydrogen-bond donors (Lipinski definition) is 3. The Hall–Kier alpha value is -5.03. The number of allylic oxidation sites excluding steroid dienone is 1. The lowest BCUT2D eigenvalue weighted by molar-refractivity contribution is -0.384. The van der Waals surface area contributed by atoms with Gasteiger partial charge < -0.3 is 44.0 Å². The SMILES string of the molecule is C=CCO[C@@]12Oc3ccc(Oc4ccc(SC)cc4)cc3[C@H]3[C@H](CCCCO)[C@@H](CCCCO)C=C(C(=NOCC)C[C@@H]1N(CCOCCO)C(=O)C=Cc1ccc([N+](=O)[O-])cc1)[C@H]32. The van der Waals surface area contributed by atoms with E-state index in [0.29, 0.717) is 48.0 Å². The Morgan fingerprint density at radius 3 is 2.41 bits per heavy atom. The van der Waals surface area contributed by atoms with E-state index in [4.69, 9.17) is 28.9 Å². The highest BCUT2D eigenvalue weighted by Crippen LogP contribution is 2.62. The molecular formula is C49H61N3O11S. The number of carbonyl (C=O) groups excluding carboxylic acids is 1. The molecule has 64 heavy (non-hydrogen) atoms. The zero-order valence-corrected chi connectivity index (χ0v) is 37.5. The van der Waals surface area contributed by atoms with Crippen LogP contribution in [0, 0.1) is 27.9 Å². The number of hydrogen-bond acceptors (Lipinski definition) is 13. The summed E-state index contributed by atoms with van der Waals surface area (Å²) in [7, 11) is 0. The van der Waals surface area contributed by atoms with Gasteiger partial charge in [-0.3, -0.25) is 14.9 Å². The number of thioether (sulfide) groups is 1. The Morgan fingerprint density at radius 2 is 1.73 bits per heavy atom. The Bertz CT molecular complexity index is 2110. The van der Waals surface area contributed by atoms with Crippen LogP contribution in [0.2, 0.25) is 0 Å². The number of nitro benzene ring substituents is 1. The molecule has 0 aromatic heterocycles. The summed E-state index contributed by atoms with van der Waals surface area (Å²) in [5, 5.41) is 45.5. The molecule has 14 nitrogen and oxygen atoms in total. The quantitative estimate of drug-likeness (QED) is 0.0185. The number of aliphatic hydroxyl groups excluding tert-OH is 3. The number of amides is 1. The fourth-order valence-electron chi connectivity index (χ4n) is 9.35. The van der Waals surface area contributed by atoms with Crippen LogP contribution in [0.3, 0.4) is 0 Å². The molecule has 0 saturated heterocycles. The zero-order chi connectivity index (χ0) is 45.5. The van der Waals surface area contributed by atoms with Crippen molar-refractivity contribution in [2.75, 3.05) is 59.0 Å². The summed E-state index contributed by atoms with van der Waals surface area (Å²) in [4.78, 5) is 34.3. The molecule has 3 aliphatic rings. The lowest BCUT2D eigenvalue weighted by Crippen LogP contribution is -2.70. The van der Waals surface area contributed by atoms with E-state index < -0.39 is 22.7 Å². The van der Waals surface area contributed by atoms with Crippen molar-refractivity contribution in [3.63, 3.8) is 0 Å². The topological polar surface area (TPSA) is 183 Å². The summed E-state index contributed by atoms with van der Waals surface area (Å²) in [6, 6.07) is 18.9. The molecule has 0 radical (unpaired) electrons. The van der Waals surface area contributed by atoms with Gasteiger partial charge in [-0.2, -0.15) is 0 Å². The number of oxime groups is 1. The third kappa shape index (κ3) is 11.4. The van der Waals surface area contributed by atoms with Gasteiger partial charge in [-0.25, -0.2) is 0 Å².